The molecule has 0 aromatic heterocycles. The molecule has 4 nitrogen and oxygen atoms in total. The number of amides is 1. The second-order valence-corrected chi connectivity index (χ2v) is 6.15. The molecule has 1 aromatic rings. The summed E-state index contributed by atoms with van der Waals surface area (Å²) in [7, 11) is 0. The first kappa shape index (κ1) is 21.7. The molecule has 0 saturated carbocycles. The summed E-state index contributed by atoms with van der Waals surface area (Å²) in [6.07, 6.45) is 3.67. The summed E-state index contributed by atoms with van der Waals surface area (Å²) < 4.78 is 5.63. The molecule has 2 atom stereocenters. The number of nitrogens with two attached hydrogens (primary N) is 1. The lowest BCUT2D eigenvalue weighted by atomic mass is 10.1. The van der Waals surface area contributed by atoms with Gasteiger partial charge in [0.25, 0.3) is 0 Å². The van der Waals surface area contributed by atoms with Gasteiger partial charge in [-0.15, -0.1) is 12.4 Å². The summed E-state index contributed by atoms with van der Waals surface area (Å²) in [5.74, 6) is 0.848. The number of nitrogens with one attached hydrogen (secondary N) is 1. The van der Waals surface area contributed by atoms with Crippen LogP contribution in [0.2, 0.25) is 0 Å². The van der Waals surface area contributed by atoms with Crippen molar-refractivity contribution in [1.82, 2.24) is 5.32 Å². The zero-order chi connectivity index (χ0) is 16.5. The molecule has 0 aliphatic rings. The van der Waals surface area contributed by atoms with Gasteiger partial charge in [-0.05, 0) is 57.7 Å². The Morgan fingerprint density at radius 1 is 1.17 bits per heavy atom. The highest BCUT2D eigenvalue weighted by molar-refractivity contribution is 5.85. The van der Waals surface area contributed by atoms with E-state index in [0.29, 0.717) is 0 Å². The number of benzene rings is 1. The van der Waals surface area contributed by atoms with Crippen LogP contribution in [0.3, 0.4) is 0 Å². The van der Waals surface area contributed by atoms with Gasteiger partial charge in [0.1, 0.15) is 5.75 Å². The maximum Gasteiger partial charge on any atom is 0.237 e. The Balaban J connectivity index is 0.00000484. The minimum Gasteiger partial charge on any atom is -0.491 e. The Morgan fingerprint density at radius 2 is 1.78 bits per heavy atom. The summed E-state index contributed by atoms with van der Waals surface area (Å²) in [5.41, 5.74) is 7.06. The first-order chi connectivity index (χ1) is 10.4. The average molecular weight is 343 g/mol. The molecule has 0 spiro atoms. The number of hydrogen-bond acceptors (Lipinski definition) is 3. The SMILES string of the molecule is CCCC(N)C(=O)NC(C)CCc1ccc(OC(C)C)cc1.Cl. The summed E-state index contributed by atoms with van der Waals surface area (Å²) >= 11 is 0. The predicted octanol–water partition coefficient (Wildman–Crippen LogP) is 3.46. The van der Waals surface area contributed by atoms with Crippen molar-refractivity contribution in [1.29, 1.82) is 0 Å². The molecule has 0 fully saturated rings. The second kappa shape index (κ2) is 11.3. The second-order valence-electron chi connectivity index (χ2n) is 6.15. The van der Waals surface area contributed by atoms with Crippen molar-refractivity contribution in [2.45, 2.75) is 71.6 Å². The Bertz CT molecular complexity index is 449. The molecule has 1 rings (SSSR count). The van der Waals surface area contributed by atoms with E-state index in [1.807, 2.05) is 39.8 Å². The van der Waals surface area contributed by atoms with Crippen LogP contribution in [0.15, 0.2) is 24.3 Å². The Morgan fingerprint density at radius 3 is 2.30 bits per heavy atom. The number of carbonyl (C=O) groups is 1. The van der Waals surface area contributed by atoms with Crippen molar-refractivity contribution >= 4 is 18.3 Å². The van der Waals surface area contributed by atoms with E-state index < -0.39 is 0 Å². The Kier molecular flexibility index (Phi) is 10.7. The monoisotopic (exact) mass is 342 g/mol. The lowest BCUT2D eigenvalue weighted by molar-refractivity contribution is -0.123. The van der Waals surface area contributed by atoms with Gasteiger partial charge >= 0.3 is 0 Å². The van der Waals surface area contributed by atoms with Crippen molar-refractivity contribution in [2.24, 2.45) is 5.73 Å². The largest absolute Gasteiger partial charge is 0.491 e. The van der Waals surface area contributed by atoms with E-state index in [2.05, 4.69) is 17.4 Å². The van der Waals surface area contributed by atoms with Crippen molar-refractivity contribution in [3.8, 4) is 5.75 Å². The van der Waals surface area contributed by atoms with Gasteiger partial charge < -0.3 is 15.8 Å². The number of ether oxygens (including phenoxy) is 1. The number of carbonyl (C=O) groups excluding carboxylic acids is 1. The van der Waals surface area contributed by atoms with E-state index in [4.69, 9.17) is 10.5 Å². The third-order valence-electron chi connectivity index (χ3n) is 3.49. The molecule has 5 heteroatoms. The van der Waals surface area contributed by atoms with Crippen molar-refractivity contribution in [2.75, 3.05) is 0 Å². The molecular weight excluding hydrogens is 312 g/mol. The van der Waals surface area contributed by atoms with Gasteiger partial charge in [0.15, 0.2) is 0 Å². The molecule has 0 radical (unpaired) electrons. The van der Waals surface area contributed by atoms with Gasteiger partial charge in [-0.25, -0.2) is 0 Å². The van der Waals surface area contributed by atoms with Crippen LogP contribution in [-0.4, -0.2) is 24.1 Å². The van der Waals surface area contributed by atoms with E-state index in [-0.39, 0.29) is 36.5 Å². The van der Waals surface area contributed by atoms with Crippen LogP contribution in [0.4, 0.5) is 0 Å². The third-order valence-corrected chi connectivity index (χ3v) is 3.49. The molecule has 0 heterocycles. The number of aryl methyl sites for hydroxylation is 1. The predicted molar refractivity (Wildman–Crippen MR) is 98.3 cm³/mol. The molecule has 2 unspecified atom stereocenters. The minimum absolute atomic E-state index is 0. The molecule has 1 amide bonds. The molecule has 23 heavy (non-hydrogen) atoms. The summed E-state index contributed by atoms with van der Waals surface area (Å²) in [5, 5.41) is 2.98. The molecule has 0 saturated heterocycles. The average Bonchev–Trinajstić information content (AvgIpc) is 2.46. The number of hydrogen-bond donors (Lipinski definition) is 2. The molecule has 0 aliphatic carbocycles. The highest BCUT2D eigenvalue weighted by atomic mass is 35.5. The van der Waals surface area contributed by atoms with Crippen LogP contribution in [0, 0.1) is 0 Å². The standard InChI is InChI=1S/C18H30N2O2.ClH/c1-5-6-17(19)18(21)20-14(4)7-8-15-9-11-16(12-10-15)22-13(2)3;/h9-14,17H,5-8,19H2,1-4H3,(H,20,21);1H. The van der Waals surface area contributed by atoms with Crippen LogP contribution >= 0.6 is 12.4 Å². The summed E-state index contributed by atoms with van der Waals surface area (Å²) in [4.78, 5) is 11.8. The Hall–Kier alpha value is -1.26. The van der Waals surface area contributed by atoms with Gasteiger partial charge in [-0.1, -0.05) is 25.5 Å². The topological polar surface area (TPSA) is 64.4 Å². The lowest BCUT2D eigenvalue weighted by Crippen LogP contribution is -2.44. The van der Waals surface area contributed by atoms with Crippen molar-refractivity contribution < 1.29 is 9.53 Å². The van der Waals surface area contributed by atoms with Crippen LogP contribution in [0.25, 0.3) is 0 Å². The lowest BCUT2D eigenvalue weighted by Gasteiger charge is -2.17. The molecule has 0 bridgehead atoms. The molecular formula is C18H31ClN2O2. The number of halogens is 1. The maximum atomic E-state index is 11.8. The van der Waals surface area contributed by atoms with E-state index in [1.54, 1.807) is 0 Å². The molecule has 3 N–H and O–H groups in total. The van der Waals surface area contributed by atoms with Crippen molar-refractivity contribution in [3.63, 3.8) is 0 Å². The third kappa shape index (κ3) is 8.82. The summed E-state index contributed by atoms with van der Waals surface area (Å²) in [6.45, 7) is 8.08. The molecule has 1 aromatic carbocycles. The quantitative estimate of drug-likeness (QED) is 0.722. The van der Waals surface area contributed by atoms with Gasteiger partial charge in [-0.2, -0.15) is 0 Å². The van der Waals surface area contributed by atoms with Crippen LogP contribution in [0.1, 0.15) is 52.5 Å². The first-order valence-corrected chi connectivity index (χ1v) is 8.24. The minimum atomic E-state index is -0.389. The van der Waals surface area contributed by atoms with Crippen LogP contribution in [0.5, 0.6) is 5.75 Å². The zero-order valence-corrected chi connectivity index (χ0v) is 15.5. The summed E-state index contributed by atoms with van der Waals surface area (Å²) in [6, 6.07) is 7.89. The van der Waals surface area contributed by atoms with Gasteiger partial charge in [0.05, 0.1) is 12.1 Å². The highest BCUT2D eigenvalue weighted by Gasteiger charge is 2.14. The molecule has 0 aliphatic heterocycles. The van der Waals surface area contributed by atoms with Crippen LogP contribution in [-0.2, 0) is 11.2 Å². The fraction of sp³-hybridized carbons (Fsp3) is 0.611. The smallest absolute Gasteiger partial charge is 0.237 e. The van der Waals surface area contributed by atoms with Gasteiger partial charge in [0.2, 0.25) is 5.91 Å². The normalized spacial score (nSPS) is 13.1. The first-order valence-electron chi connectivity index (χ1n) is 8.24. The fourth-order valence-electron chi connectivity index (χ4n) is 2.25. The maximum absolute atomic E-state index is 11.8. The van der Waals surface area contributed by atoms with E-state index >= 15 is 0 Å². The zero-order valence-electron chi connectivity index (χ0n) is 14.7. The van der Waals surface area contributed by atoms with Crippen molar-refractivity contribution in [3.05, 3.63) is 29.8 Å². The van der Waals surface area contributed by atoms with Gasteiger partial charge in [0, 0.05) is 6.04 Å². The van der Waals surface area contributed by atoms with Gasteiger partial charge in [-0.3, -0.25) is 4.79 Å². The fourth-order valence-corrected chi connectivity index (χ4v) is 2.25. The molecule has 132 valence electrons. The van der Waals surface area contributed by atoms with E-state index in [1.165, 1.54) is 5.56 Å². The van der Waals surface area contributed by atoms with E-state index in [0.717, 1.165) is 31.4 Å². The van der Waals surface area contributed by atoms with Crippen LogP contribution < -0.4 is 15.8 Å². The highest BCUT2D eigenvalue weighted by Crippen LogP contribution is 2.15. The number of rotatable bonds is 9. The Labute approximate surface area is 146 Å². The van der Waals surface area contributed by atoms with E-state index in [9.17, 15) is 4.79 Å².